The normalized spacial score (nSPS) is 17.5. The predicted molar refractivity (Wildman–Crippen MR) is 87.8 cm³/mol. The fourth-order valence-electron chi connectivity index (χ4n) is 2.08. The minimum absolute atomic E-state index is 0.0322. The Labute approximate surface area is 154 Å². The van der Waals surface area contributed by atoms with E-state index in [9.17, 15) is 26.4 Å². The molecule has 1 fully saturated rings. The molecule has 1 aliphatic rings. The fourth-order valence-corrected chi connectivity index (χ4v) is 3.36. The predicted octanol–water partition coefficient (Wildman–Crippen LogP) is 2.23. The van der Waals surface area contributed by atoms with Crippen LogP contribution in [0.1, 0.15) is 18.1 Å². The first-order valence-corrected chi connectivity index (χ1v) is 9.29. The van der Waals surface area contributed by atoms with Gasteiger partial charge in [0.1, 0.15) is 0 Å². The summed E-state index contributed by atoms with van der Waals surface area (Å²) in [4.78, 5) is 19.6. The number of rotatable bonds is 8. The molecule has 0 unspecified atom stereocenters. The first-order valence-electron chi connectivity index (χ1n) is 7.85. The van der Waals surface area contributed by atoms with Crippen molar-refractivity contribution in [3.05, 3.63) is 35.4 Å². The maximum Gasteiger partial charge on any atom is 0.416 e. The molecule has 1 saturated heterocycles. The summed E-state index contributed by atoms with van der Waals surface area (Å²) >= 11 is 0. The Morgan fingerprint density at radius 2 is 2.04 bits per heavy atom. The number of ether oxygens (including phenoxy) is 1. The number of carbonyl (C=O) groups is 1. The first-order chi connectivity index (χ1) is 12.5. The number of likely N-dealkylation sites (N-methyl/N-ethyl adjacent to an activating group) is 1. The third-order valence-corrected chi connectivity index (χ3v) is 5.30. The number of hydrogen-bond acceptors (Lipinski definition) is 6. The first kappa shape index (κ1) is 21.4. The quantitative estimate of drug-likeness (QED) is 0.283. The van der Waals surface area contributed by atoms with Crippen molar-refractivity contribution in [2.75, 3.05) is 26.8 Å². The highest BCUT2D eigenvalue weighted by Gasteiger charge is 2.34. The van der Waals surface area contributed by atoms with E-state index in [-0.39, 0.29) is 24.8 Å². The van der Waals surface area contributed by atoms with Gasteiger partial charge in [-0.2, -0.15) is 22.4 Å². The molecule has 1 aliphatic heterocycles. The van der Waals surface area contributed by atoms with Crippen molar-refractivity contribution in [1.82, 2.24) is 4.31 Å². The zero-order chi connectivity index (χ0) is 20.2. The summed E-state index contributed by atoms with van der Waals surface area (Å²) in [5.74, 6) is -0.943. The van der Waals surface area contributed by atoms with Crippen molar-refractivity contribution in [2.24, 2.45) is 0 Å². The molecule has 0 bridgehead atoms. The van der Waals surface area contributed by atoms with Gasteiger partial charge in [-0.25, -0.2) is 13.2 Å². The monoisotopic (exact) mass is 409 g/mol. The van der Waals surface area contributed by atoms with Crippen LogP contribution in [0.4, 0.5) is 13.2 Å². The van der Waals surface area contributed by atoms with E-state index in [1.165, 1.54) is 7.05 Å². The Hall–Kier alpha value is -1.95. The molecule has 1 aromatic carbocycles. The van der Waals surface area contributed by atoms with Gasteiger partial charge in [0.05, 0.1) is 29.8 Å². The summed E-state index contributed by atoms with van der Waals surface area (Å²) in [6.07, 6.45) is -3.18. The van der Waals surface area contributed by atoms with Crippen LogP contribution in [0.15, 0.2) is 29.2 Å². The Balaban J connectivity index is 2.36. The lowest BCUT2D eigenvalue weighted by atomic mass is 10.1. The number of sulfonamides is 1. The number of carbonyl (C=O) groups excluding carboxylic acids is 1. The van der Waals surface area contributed by atoms with Crippen LogP contribution in [-0.4, -0.2) is 51.6 Å². The van der Waals surface area contributed by atoms with Crippen molar-refractivity contribution in [2.45, 2.75) is 24.1 Å². The third kappa shape index (κ3) is 6.03. The van der Waals surface area contributed by atoms with E-state index in [1.54, 1.807) is 6.92 Å². The van der Waals surface area contributed by atoms with Crippen molar-refractivity contribution < 1.29 is 40.9 Å². The highest BCUT2D eigenvalue weighted by molar-refractivity contribution is 7.89. The van der Waals surface area contributed by atoms with Crippen LogP contribution in [0.25, 0.3) is 6.08 Å². The number of hydrogen-bond donors (Lipinski definition) is 0. The van der Waals surface area contributed by atoms with Crippen molar-refractivity contribution in [1.29, 1.82) is 0 Å². The van der Waals surface area contributed by atoms with E-state index >= 15 is 0 Å². The van der Waals surface area contributed by atoms with E-state index in [2.05, 4.69) is 9.78 Å². The van der Waals surface area contributed by atoms with Gasteiger partial charge in [-0.15, -0.1) is 0 Å². The SMILES string of the molecule is CCOOC(=O)/C=C/c1cc(C(F)(F)F)cc(S(=O)(=O)N(C)C[C@H]2CO2)c1. The maximum atomic E-state index is 13.2. The van der Waals surface area contributed by atoms with Crippen LogP contribution in [0, 0.1) is 0 Å². The summed E-state index contributed by atoms with van der Waals surface area (Å²) in [7, 11) is -2.92. The number of benzene rings is 1. The van der Waals surface area contributed by atoms with Gasteiger partial charge < -0.3 is 4.74 Å². The molecule has 11 heteroatoms. The number of epoxide rings is 1. The molecule has 1 atom stereocenters. The van der Waals surface area contributed by atoms with Crippen molar-refractivity contribution in [3.63, 3.8) is 0 Å². The molecule has 27 heavy (non-hydrogen) atoms. The van der Waals surface area contributed by atoms with Gasteiger partial charge in [-0.05, 0) is 36.8 Å². The molecule has 1 heterocycles. The van der Waals surface area contributed by atoms with Gasteiger partial charge in [-0.3, -0.25) is 4.89 Å². The largest absolute Gasteiger partial charge is 0.416 e. The minimum Gasteiger partial charge on any atom is -0.372 e. The lowest BCUT2D eigenvalue weighted by Gasteiger charge is -2.18. The molecule has 1 aromatic rings. The van der Waals surface area contributed by atoms with Crippen LogP contribution < -0.4 is 0 Å². The molecule has 0 saturated carbocycles. The highest BCUT2D eigenvalue weighted by Crippen LogP contribution is 2.33. The van der Waals surface area contributed by atoms with E-state index in [1.807, 2.05) is 0 Å². The molecule has 0 radical (unpaired) electrons. The summed E-state index contributed by atoms with van der Waals surface area (Å²) in [5.41, 5.74) is -1.29. The molecule has 0 aliphatic carbocycles. The zero-order valence-electron chi connectivity index (χ0n) is 14.5. The van der Waals surface area contributed by atoms with Crippen LogP contribution in [-0.2, 0) is 35.5 Å². The fraction of sp³-hybridized carbons (Fsp3) is 0.438. The molecule has 0 spiro atoms. The average molecular weight is 409 g/mol. The molecule has 2 rings (SSSR count). The van der Waals surface area contributed by atoms with Crippen molar-refractivity contribution >= 4 is 22.1 Å². The molecule has 150 valence electrons. The lowest BCUT2D eigenvalue weighted by Crippen LogP contribution is -2.30. The van der Waals surface area contributed by atoms with Gasteiger partial charge in [0.2, 0.25) is 10.0 Å². The van der Waals surface area contributed by atoms with Gasteiger partial charge in [0.15, 0.2) is 0 Å². The number of alkyl halides is 3. The smallest absolute Gasteiger partial charge is 0.372 e. The van der Waals surface area contributed by atoms with Gasteiger partial charge >= 0.3 is 12.1 Å². The van der Waals surface area contributed by atoms with Crippen LogP contribution in [0.3, 0.4) is 0 Å². The molecule has 0 N–H and O–H groups in total. The Morgan fingerprint density at radius 3 is 2.59 bits per heavy atom. The summed E-state index contributed by atoms with van der Waals surface area (Å²) in [5, 5.41) is 0. The Morgan fingerprint density at radius 1 is 1.37 bits per heavy atom. The maximum absolute atomic E-state index is 13.2. The second-order valence-electron chi connectivity index (χ2n) is 5.67. The van der Waals surface area contributed by atoms with Gasteiger partial charge in [0, 0.05) is 19.7 Å². The van der Waals surface area contributed by atoms with Crippen LogP contribution >= 0.6 is 0 Å². The molecule has 0 aromatic heterocycles. The minimum atomic E-state index is -4.77. The summed E-state index contributed by atoms with van der Waals surface area (Å²) < 4.78 is 70.5. The van der Waals surface area contributed by atoms with Crippen LogP contribution in [0.5, 0.6) is 0 Å². The topological polar surface area (TPSA) is 85.4 Å². The standard InChI is InChI=1S/C16H18F3NO6S/c1-3-25-26-15(21)5-4-11-6-12(16(17,18)19)8-14(7-11)27(22,23)20(2)9-13-10-24-13/h4-8,13H,3,9-10H2,1-2H3/b5-4+/t13-/m0/s1. The number of nitrogens with zero attached hydrogens (tertiary/aromatic N) is 1. The van der Waals surface area contributed by atoms with Crippen LogP contribution in [0.2, 0.25) is 0 Å². The van der Waals surface area contributed by atoms with E-state index < -0.39 is 32.6 Å². The average Bonchev–Trinajstić information content (AvgIpc) is 3.41. The second kappa shape index (κ2) is 8.38. The van der Waals surface area contributed by atoms with E-state index in [4.69, 9.17) is 4.74 Å². The summed E-state index contributed by atoms with van der Waals surface area (Å²) in [6.45, 7) is 2.11. The van der Waals surface area contributed by atoms with E-state index in [0.29, 0.717) is 12.7 Å². The molecular formula is C16H18F3NO6S. The summed E-state index contributed by atoms with van der Waals surface area (Å²) in [6, 6.07) is 2.32. The second-order valence-corrected chi connectivity index (χ2v) is 7.72. The van der Waals surface area contributed by atoms with Gasteiger partial charge in [0.25, 0.3) is 0 Å². The number of halogens is 3. The third-order valence-electron chi connectivity index (χ3n) is 3.50. The van der Waals surface area contributed by atoms with Gasteiger partial charge in [-0.1, -0.05) is 0 Å². The molecule has 0 amide bonds. The van der Waals surface area contributed by atoms with E-state index in [0.717, 1.165) is 28.6 Å². The highest BCUT2D eigenvalue weighted by atomic mass is 32.2. The Kier molecular flexibility index (Phi) is 6.63. The Bertz CT molecular complexity index is 818. The van der Waals surface area contributed by atoms with Crippen molar-refractivity contribution in [3.8, 4) is 0 Å². The molecular weight excluding hydrogens is 391 g/mol. The molecule has 7 nitrogen and oxygen atoms in total. The lowest BCUT2D eigenvalue weighted by molar-refractivity contribution is -0.264. The zero-order valence-corrected chi connectivity index (χ0v) is 15.3.